The average molecular weight is 521 g/mol. The summed E-state index contributed by atoms with van der Waals surface area (Å²) in [7, 11) is 0. The molecular weight excluding hydrogens is 498 g/mol. The number of amides is 1. The van der Waals surface area contributed by atoms with Gasteiger partial charge in [0.05, 0.1) is 32.4 Å². The summed E-state index contributed by atoms with van der Waals surface area (Å²) < 4.78 is 0. The van der Waals surface area contributed by atoms with E-state index in [0.29, 0.717) is 22.2 Å². The van der Waals surface area contributed by atoms with Crippen LogP contribution in [0.5, 0.6) is 0 Å². The first-order valence-corrected chi connectivity index (χ1v) is 11.6. The molecule has 0 spiro atoms. The Balaban J connectivity index is 0.00000171. The van der Waals surface area contributed by atoms with E-state index in [1.807, 2.05) is 24.3 Å². The van der Waals surface area contributed by atoms with E-state index in [1.165, 1.54) is 0 Å². The number of fused-ring (bicyclic) bond motifs is 1. The van der Waals surface area contributed by atoms with Crippen LogP contribution in [0.2, 0.25) is 10.0 Å². The van der Waals surface area contributed by atoms with Gasteiger partial charge in [-0.25, -0.2) is 4.79 Å². The van der Waals surface area contributed by atoms with Gasteiger partial charge in [-0.05, 0) is 66.3 Å². The van der Waals surface area contributed by atoms with Crippen LogP contribution in [0.3, 0.4) is 0 Å². The van der Waals surface area contributed by atoms with Crippen molar-refractivity contribution < 1.29 is 67.5 Å². The van der Waals surface area contributed by atoms with Crippen molar-refractivity contribution in [3.05, 3.63) is 98.5 Å². The molecule has 2 N–H and O–H groups in total. The summed E-state index contributed by atoms with van der Waals surface area (Å²) in [5.41, 5.74) is 4.52. The molecule has 8 heteroatoms. The molecule has 1 heterocycles. The zero-order valence-electron chi connectivity index (χ0n) is 19.8. The number of nitrogens with one attached hydrogen (secondary N) is 1. The van der Waals surface area contributed by atoms with Gasteiger partial charge in [0, 0.05) is 13.1 Å². The van der Waals surface area contributed by atoms with Crippen LogP contribution in [0, 0.1) is 0 Å². The minimum Gasteiger partial charge on any atom is -1.00 e. The third-order valence-corrected chi connectivity index (χ3v) is 7.22. The number of halogens is 2. The van der Waals surface area contributed by atoms with E-state index in [0.717, 1.165) is 48.2 Å². The van der Waals surface area contributed by atoms with E-state index in [9.17, 15) is 9.59 Å². The van der Waals surface area contributed by atoms with Crippen LogP contribution < -0.4 is 61.6 Å². The summed E-state index contributed by atoms with van der Waals surface area (Å²) in [5, 5.41) is 13.4. The number of carbonyl (C=O) groups is 2. The Morgan fingerprint density at radius 3 is 2.41 bits per heavy atom. The van der Waals surface area contributed by atoms with Crippen molar-refractivity contribution in [1.29, 1.82) is 0 Å². The third-order valence-electron chi connectivity index (χ3n) is 6.48. The SMILES string of the molecule is O=C(O)c1ccc(C2(NC(=O)c3cccc4c3N(Cc3ccc(Cl)c(Cl)c3)CC4)CC2)cc1.[H-].[K+]. The molecule has 1 aliphatic carbocycles. The number of rotatable bonds is 6. The molecule has 1 amide bonds. The van der Waals surface area contributed by atoms with E-state index in [1.54, 1.807) is 30.3 Å². The minimum atomic E-state index is -0.961. The Kier molecular flexibility index (Phi) is 7.79. The van der Waals surface area contributed by atoms with Crippen LogP contribution >= 0.6 is 23.2 Å². The number of para-hydroxylation sites is 1. The molecule has 2 aliphatic rings. The van der Waals surface area contributed by atoms with Crippen LogP contribution in [-0.2, 0) is 18.5 Å². The van der Waals surface area contributed by atoms with E-state index < -0.39 is 11.5 Å². The molecule has 170 valence electrons. The van der Waals surface area contributed by atoms with Gasteiger partial charge >= 0.3 is 57.4 Å². The van der Waals surface area contributed by atoms with Gasteiger partial charge in [-0.1, -0.05) is 53.5 Å². The van der Waals surface area contributed by atoms with Crippen LogP contribution in [0.15, 0.2) is 60.7 Å². The van der Waals surface area contributed by atoms with Gasteiger partial charge in [-0.3, -0.25) is 4.79 Å². The molecule has 5 rings (SSSR count). The number of carbonyl (C=O) groups excluding carboxylic acids is 1. The fourth-order valence-corrected chi connectivity index (χ4v) is 4.88. The molecule has 34 heavy (non-hydrogen) atoms. The Morgan fingerprint density at radius 2 is 1.76 bits per heavy atom. The summed E-state index contributed by atoms with van der Waals surface area (Å²) >= 11 is 12.3. The monoisotopic (exact) mass is 520 g/mol. The summed E-state index contributed by atoms with van der Waals surface area (Å²) in [6.45, 7) is 1.46. The first-order chi connectivity index (χ1) is 15.9. The van der Waals surface area contributed by atoms with Crippen molar-refractivity contribution in [2.24, 2.45) is 0 Å². The second-order valence-corrected chi connectivity index (χ2v) is 9.47. The van der Waals surface area contributed by atoms with E-state index in [2.05, 4.69) is 16.3 Å². The van der Waals surface area contributed by atoms with E-state index in [4.69, 9.17) is 28.3 Å². The molecule has 0 aromatic heterocycles. The van der Waals surface area contributed by atoms with Crippen molar-refractivity contribution in [2.75, 3.05) is 11.4 Å². The molecule has 0 radical (unpaired) electrons. The maximum absolute atomic E-state index is 13.4. The molecule has 3 aromatic rings. The number of carboxylic acid groups (broad SMARTS) is 1. The second kappa shape index (κ2) is 10.3. The van der Waals surface area contributed by atoms with E-state index in [-0.39, 0.29) is 64.3 Å². The number of hydrogen-bond acceptors (Lipinski definition) is 3. The summed E-state index contributed by atoms with van der Waals surface area (Å²) in [6, 6.07) is 18.2. The Morgan fingerprint density at radius 1 is 1.03 bits per heavy atom. The number of aromatic carboxylic acids is 1. The molecule has 0 bridgehead atoms. The van der Waals surface area contributed by atoms with Crippen molar-refractivity contribution in [1.82, 2.24) is 5.32 Å². The van der Waals surface area contributed by atoms with Crippen LogP contribution in [0.25, 0.3) is 0 Å². The standard InChI is InChI=1S/C26H22Cl2N2O3.K.H/c27-21-9-4-16(14-22(21)28)15-30-13-10-17-2-1-3-20(23(17)30)24(31)29-26(11-12-26)19-7-5-18(6-8-19)25(32)33;;/h1-9,14H,10-13,15H2,(H,29,31)(H,32,33);;/q;+1;-1. The first-order valence-electron chi connectivity index (χ1n) is 10.8. The Bertz CT molecular complexity index is 1270. The molecule has 1 fully saturated rings. The zero-order valence-corrected chi connectivity index (χ0v) is 23.4. The molecule has 3 aromatic carbocycles. The molecule has 0 atom stereocenters. The third kappa shape index (κ3) is 5.09. The number of carboxylic acids is 1. The normalized spacial score (nSPS) is 15.3. The van der Waals surface area contributed by atoms with Crippen LogP contribution in [0.1, 0.15) is 51.7 Å². The average Bonchev–Trinajstić information content (AvgIpc) is 3.48. The van der Waals surface area contributed by atoms with Gasteiger partial charge in [0.15, 0.2) is 0 Å². The van der Waals surface area contributed by atoms with Crippen molar-refractivity contribution in [2.45, 2.75) is 31.3 Å². The van der Waals surface area contributed by atoms with Gasteiger partial charge in [0.1, 0.15) is 0 Å². The maximum atomic E-state index is 13.4. The summed E-state index contributed by atoms with van der Waals surface area (Å²) in [4.78, 5) is 26.8. The van der Waals surface area contributed by atoms with E-state index >= 15 is 0 Å². The van der Waals surface area contributed by atoms with Gasteiger partial charge in [-0.2, -0.15) is 0 Å². The maximum Gasteiger partial charge on any atom is 1.00 e. The van der Waals surface area contributed by atoms with Gasteiger partial charge in [0.25, 0.3) is 5.91 Å². The molecule has 5 nitrogen and oxygen atoms in total. The molecule has 1 saturated carbocycles. The van der Waals surface area contributed by atoms with Crippen molar-refractivity contribution >= 4 is 40.8 Å². The minimum absolute atomic E-state index is 0. The summed E-state index contributed by atoms with van der Waals surface area (Å²) in [6.07, 6.45) is 2.53. The molecule has 1 aliphatic heterocycles. The topological polar surface area (TPSA) is 69.6 Å². The molecular formula is C26H23Cl2KN2O3. The van der Waals surface area contributed by atoms with Crippen LogP contribution in [0.4, 0.5) is 5.69 Å². The molecule has 0 unspecified atom stereocenters. The Labute approximate surface area is 252 Å². The number of benzene rings is 3. The number of anilines is 1. The first kappa shape index (κ1) is 25.7. The predicted octanol–water partition coefficient (Wildman–Crippen LogP) is 2.79. The van der Waals surface area contributed by atoms with Crippen LogP contribution in [-0.4, -0.2) is 23.5 Å². The largest absolute Gasteiger partial charge is 1.00 e. The quantitative estimate of drug-likeness (QED) is 0.490. The number of nitrogens with zero attached hydrogens (tertiary/aromatic N) is 1. The Hall–Kier alpha value is -1.38. The van der Waals surface area contributed by atoms with Crippen molar-refractivity contribution in [3.8, 4) is 0 Å². The van der Waals surface area contributed by atoms with Crippen molar-refractivity contribution in [3.63, 3.8) is 0 Å². The summed E-state index contributed by atoms with van der Waals surface area (Å²) in [5.74, 6) is -1.08. The fourth-order valence-electron chi connectivity index (χ4n) is 4.56. The predicted molar refractivity (Wildman–Crippen MR) is 131 cm³/mol. The van der Waals surface area contributed by atoms with Gasteiger partial charge in [0.2, 0.25) is 0 Å². The zero-order chi connectivity index (χ0) is 23.2. The molecule has 0 saturated heterocycles. The number of hydrogen-bond donors (Lipinski definition) is 2. The smallest absolute Gasteiger partial charge is 1.00 e. The van der Waals surface area contributed by atoms with Gasteiger partial charge < -0.3 is 16.7 Å². The second-order valence-electron chi connectivity index (χ2n) is 8.65. The fraction of sp³-hybridized carbons (Fsp3) is 0.231. The van der Waals surface area contributed by atoms with Gasteiger partial charge in [-0.15, -0.1) is 0 Å².